The van der Waals surface area contributed by atoms with E-state index in [0.29, 0.717) is 35.9 Å². The quantitative estimate of drug-likeness (QED) is 0.511. The normalized spacial score (nSPS) is 25.7. The van der Waals surface area contributed by atoms with Crippen LogP contribution < -0.4 is 10.6 Å². The second kappa shape index (κ2) is 9.58. The van der Waals surface area contributed by atoms with E-state index in [-0.39, 0.29) is 23.8 Å². The topological polar surface area (TPSA) is 106 Å². The highest BCUT2D eigenvalue weighted by Gasteiger charge is 2.48. The largest absolute Gasteiger partial charge is 0.355 e. The number of aryl methyl sites for hydroxylation is 1. The maximum absolute atomic E-state index is 13.3. The maximum Gasteiger partial charge on any atom is 0.270 e. The first kappa shape index (κ1) is 24.1. The maximum atomic E-state index is 13.3. The fourth-order valence-corrected chi connectivity index (χ4v) is 6.33. The van der Waals surface area contributed by atoms with Gasteiger partial charge in [0.05, 0.1) is 23.6 Å². The highest BCUT2D eigenvalue weighted by Crippen LogP contribution is 2.52. The zero-order valence-electron chi connectivity index (χ0n) is 21.8. The minimum Gasteiger partial charge on any atom is -0.355 e. The van der Waals surface area contributed by atoms with Gasteiger partial charge in [-0.3, -0.25) is 14.3 Å². The Kier molecular flexibility index (Phi) is 6.24. The molecule has 4 heterocycles. The molecule has 2 aliphatic carbocycles. The highest BCUT2D eigenvalue weighted by molar-refractivity contribution is 5.92. The Bertz CT molecular complexity index is 1300. The number of piperidine rings is 1. The molecule has 196 valence electrons. The Morgan fingerprint density at radius 2 is 2.03 bits per heavy atom. The van der Waals surface area contributed by atoms with Crippen molar-refractivity contribution in [3.05, 3.63) is 47.7 Å². The molecule has 9 nitrogen and oxygen atoms in total. The summed E-state index contributed by atoms with van der Waals surface area (Å²) in [6, 6.07) is 5.55. The van der Waals surface area contributed by atoms with Crippen molar-refractivity contribution in [2.45, 2.75) is 77.8 Å². The van der Waals surface area contributed by atoms with Crippen molar-refractivity contribution >= 4 is 17.5 Å². The van der Waals surface area contributed by atoms with Crippen molar-refractivity contribution < 1.29 is 9.59 Å². The van der Waals surface area contributed by atoms with Gasteiger partial charge >= 0.3 is 0 Å². The molecule has 0 bridgehead atoms. The predicted octanol–water partition coefficient (Wildman–Crippen LogP) is 3.70. The number of hydrogen-bond donors (Lipinski definition) is 2. The fourth-order valence-electron chi connectivity index (χ4n) is 6.33. The van der Waals surface area contributed by atoms with Gasteiger partial charge in [-0.1, -0.05) is 19.8 Å². The van der Waals surface area contributed by atoms with E-state index >= 15 is 0 Å². The zero-order valence-corrected chi connectivity index (χ0v) is 21.8. The summed E-state index contributed by atoms with van der Waals surface area (Å²) in [5.74, 6) is 1.04. The minimum atomic E-state index is -0.191. The van der Waals surface area contributed by atoms with Gasteiger partial charge in [0.2, 0.25) is 5.91 Å². The number of hydrogen-bond acceptors (Lipinski definition) is 5. The number of nitrogens with one attached hydrogen (secondary N) is 2. The van der Waals surface area contributed by atoms with E-state index in [0.717, 1.165) is 55.7 Å². The van der Waals surface area contributed by atoms with Crippen LogP contribution in [0.25, 0.3) is 5.65 Å². The van der Waals surface area contributed by atoms with Crippen LogP contribution in [0.5, 0.6) is 0 Å². The highest BCUT2D eigenvalue weighted by atomic mass is 16.2. The summed E-state index contributed by atoms with van der Waals surface area (Å²) in [6.07, 6.45) is 12.1. The molecule has 1 saturated heterocycles. The fraction of sp³-hybridized carbons (Fsp3) is 0.607. The number of carbonyl (C=O) groups is 2. The molecule has 3 aromatic heterocycles. The van der Waals surface area contributed by atoms with Crippen LogP contribution in [-0.4, -0.2) is 42.7 Å². The molecule has 3 aromatic rings. The van der Waals surface area contributed by atoms with Crippen LogP contribution in [0, 0.1) is 23.2 Å². The van der Waals surface area contributed by atoms with Gasteiger partial charge in [0.15, 0.2) is 5.65 Å². The molecular weight excluding hydrogens is 466 g/mol. The summed E-state index contributed by atoms with van der Waals surface area (Å²) in [4.78, 5) is 30.7. The molecule has 1 unspecified atom stereocenters. The number of imidazole rings is 1. The number of rotatable bonds is 7. The van der Waals surface area contributed by atoms with Crippen LogP contribution >= 0.6 is 0 Å². The molecular formula is C28H37N7O2. The zero-order chi connectivity index (χ0) is 25.6. The van der Waals surface area contributed by atoms with E-state index in [1.807, 2.05) is 29.8 Å². The van der Waals surface area contributed by atoms with Crippen LogP contribution in [0.3, 0.4) is 0 Å². The minimum absolute atomic E-state index is 0.0242. The lowest BCUT2D eigenvalue weighted by molar-refractivity contribution is -0.128. The van der Waals surface area contributed by atoms with Gasteiger partial charge in [-0.15, -0.1) is 0 Å². The summed E-state index contributed by atoms with van der Waals surface area (Å²) in [6.45, 7) is 5.75. The first-order chi connectivity index (χ1) is 17.9. The number of fused-ring (bicyclic) bond motifs is 1. The number of carbonyl (C=O) groups excluding carboxylic acids is 2. The second-order valence-corrected chi connectivity index (χ2v) is 11.6. The van der Waals surface area contributed by atoms with E-state index in [2.05, 4.69) is 22.7 Å². The smallest absolute Gasteiger partial charge is 0.270 e. The summed E-state index contributed by atoms with van der Waals surface area (Å²) >= 11 is 0. The predicted molar refractivity (Wildman–Crippen MR) is 139 cm³/mol. The molecule has 6 rings (SSSR count). The van der Waals surface area contributed by atoms with Gasteiger partial charge in [-0.2, -0.15) is 10.2 Å². The van der Waals surface area contributed by atoms with Gasteiger partial charge in [-0.25, -0.2) is 9.50 Å². The third-order valence-corrected chi connectivity index (χ3v) is 8.88. The van der Waals surface area contributed by atoms with Gasteiger partial charge in [-0.05, 0) is 74.5 Å². The third-order valence-electron chi connectivity index (χ3n) is 8.88. The molecule has 1 aliphatic heterocycles. The van der Waals surface area contributed by atoms with Crippen molar-refractivity contribution in [2.75, 3.05) is 6.54 Å². The lowest BCUT2D eigenvalue weighted by Crippen LogP contribution is -2.43. The number of aromatic nitrogens is 5. The van der Waals surface area contributed by atoms with Crippen molar-refractivity contribution in [1.82, 2.24) is 35.0 Å². The molecule has 2 saturated carbocycles. The second-order valence-electron chi connectivity index (χ2n) is 11.6. The van der Waals surface area contributed by atoms with Crippen molar-refractivity contribution in [3.8, 4) is 0 Å². The summed E-state index contributed by atoms with van der Waals surface area (Å²) in [5, 5.41) is 15.5. The molecule has 0 radical (unpaired) electrons. The van der Waals surface area contributed by atoms with Crippen molar-refractivity contribution in [3.63, 3.8) is 0 Å². The average Bonchev–Trinajstić information content (AvgIpc) is 3.28. The Morgan fingerprint density at radius 1 is 1.22 bits per heavy atom. The van der Waals surface area contributed by atoms with Gasteiger partial charge in [0.1, 0.15) is 5.69 Å². The summed E-state index contributed by atoms with van der Waals surface area (Å²) < 4.78 is 3.54. The lowest BCUT2D eigenvalue weighted by Gasteiger charge is -2.32. The molecule has 9 heteroatoms. The van der Waals surface area contributed by atoms with E-state index in [4.69, 9.17) is 10.1 Å². The van der Waals surface area contributed by atoms with Gasteiger partial charge in [0.25, 0.3) is 5.91 Å². The lowest BCUT2D eigenvalue weighted by atomic mass is 9.78. The molecule has 3 aliphatic rings. The Hall–Kier alpha value is -3.23. The van der Waals surface area contributed by atoms with Crippen LogP contribution in [-0.2, 0) is 17.8 Å². The van der Waals surface area contributed by atoms with Crippen LogP contribution in [0.1, 0.15) is 86.7 Å². The third kappa shape index (κ3) is 4.88. The van der Waals surface area contributed by atoms with Gasteiger partial charge in [0, 0.05) is 31.6 Å². The van der Waals surface area contributed by atoms with Crippen molar-refractivity contribution in [2.24, 2.45) is 23.2 Å². The molecule has 2 atom stereocenters. The first-order valence-electron chi connectivity index (χ1n) is 13.9. The first-order valence-corrected chi connectivity index (χ1v) is 13.9. The monoisotopic (exact) mass is 503 g/mol. The average molecular weight is 504 g/mol. The molecule has 3 fully saturated rings. The van der Waals surface area contributed by atoms with Crippen LogP contribution in [0.4, 0.5) is 0 Å². The van der Waals surface area contributed by atoms with Crippen LogP contribution in [0.15, 0.2) is 30.6 Å². The Labute approximate surface area is 217 Å². The van der Waals surface area contributed by atoms with Gasteiger partial charge < -0.3 is 10.6 Å². The number of nitrogens with zero attached hydrogens (tertiary/aromatic N) is 5. The SMILES string of the molecule is CCn1nccc1C(=O)N[C@H](c1cn2nc(CC3CC4(CC4)CNC3=O)ccc2n1)[C@H]1CC[C@H](C)CC1. The summed E-state index contributed by atoms with van der Waals surface area (Å²) in [5.41, 5.74) is 3.40. The molecule has 2 N–H and O–H groups in total. The Balaban J connectivity index is 1.25. The molecule has 0 aromatic carbocycles. The summed E-state index contributed by atoms with van der Waals surface area (Å²) in [7, 11) is 0. The Morgan fingerprint density at radius 3 is 2.78 bits per heavy atom. The molecule has 37 heavy (non-hydrogen) atoms. The molecule has 2 amide bonds. The standard InChI is InChI=1S/C28H37N7O2/c1-3-34-23(10-13-30-34)27(37)32-25(19-6-4-18(2)5-7-19)22-16-35-24(31-22)9-8-21(33-35)14-20-15-28(11-12-28)17-29-26(20)36/h8-10,13,16,18-20,25H,3-7,11-12,14-15,17H2,1-2H3,(H,29,36)(H,32,37)/t18-,19-,20?,25-/m0/s1. The van der Waals surface area contributed by atoms with E-state index in [1.165, 1.54) is 12.8 Å². The van der Waals surface area contributed by atoms with E-state index < -0.39 is 0 Å². The van der Waals surface area contributed by atoms with Crippen LogP contribution in [0.2, 0.25) is 0 Å². The van der Waals surface area contributed by atoms with Crippen molar-refractivity contribution in [1.29, 1.82) is 0 Å². The number of amides is 2. The van der Waals surface area contributed by atoms with E-state index in [9.17, 15) is 9.59 Å². The van der Waals surface area contributed by atoms with E-state index in [1.54, 1.807) is 16.9 Å². The molecule has 1 spiro atoms.